The Bertz CT molecular complexity index is 760. The molecule has 1 aromatic heterocycles. The third-order valence-electron chi connectivity index (χ3n) is 5.24. The highest BCUT2D eigenvalue weighted by Gasteiger charge is 2.26. The van der Waals surface area contributed by atoms with Crippen molar-refractivity contribution >= 4 is 22.5 Å². The summed E-state index contributed by atoms with van der Waals surface area (Å²) in [5.74, 6) is 2.41. The zero-order valence-electron chi connectivity index (χ0n) is 14.6. The zero-order chi connectivity index (χ0) is 17.3. The number of ether oxygens (including phenoxy) is 1. The highest BCUT2D eigenvalue weighted by atomic mass is 16.5. The predicted octanol–water partition coefficient (Wildman–Crippen LogP) is 3.21. The normalized spacial score (nSPS) is 21.0. The molecule has 2 N–H and O–H groups in total. The minimum Gasteiger partial charge on any atom is -0.496 e. The molecule has 0 radical (unpaired) electrons. The number of primary amides is 1. The molecule has 3 rings (SSSR count). The second-order valence-electron chi connectivity index (χ2n) is 6.65. The van der Waals surface area contributed by atoms with Crippen molar-refractivity contribution in [2.24, 2.45) is 17.6 Å². The highest BCUT2D eigenvalue weighted by molar-refractivity contribution is 6.03. The molecule has 1 aliphatic rings. The second kappa shape index (κ2) is 6.67. The van der Waals surface area contributed by atoms with Crippen LogP contribution in [0.2, 0.25) is 0 Å². The molecule has 2 atom stereocenters. The summed E-state index contributed by atoms with van der Waals surface area (Å²) in [7, 11) is 1.55. The lowest BCUT2D eigenvalue weighted by Gasteiger charge is -2.37. The average molecular weight is 327 g/mol. The van der Waals surface area contributed by atoms with Gasteiger partial charge in [0.2, 0.25) is 0 Å². The zero-order valence-corrected chi connectivity index (χ0v) is 14.6. The van der Waals surface area contributed by atoms with Crippen LogP contribution in [0, 0.1) is 11.8 Å². The van der Waals surface area contributed by atoms with E-state index in [9.17, 15) is 4.79 Å². The summed E-state index contributed by atoms with van der Waals surface area (Å²) in [6.45, 7) is 6.60. The summed E-state index contributed by atoms with van der Waals surface area (Å²) in [4.78, 5) is 18.6. The summed E-state index contributed by atoms with van der Waals surface area (Å²) in [5.41, 5.74) is 5.87. The van der Waals surface area contributed by atoms with E-state index in [1.807, 2.05) is 12.1 Å². The van der Waals surface area contributed by atoms with Gasteiger partial charge in [0.05, 0.1) is 12.7 Å². The third-order valence-corrected chi connectivity index (χ3v) is 5.24. The Balaban J connectivity index is 2.04. The summed E-state index contributed by atoms with van der Waals surface area (Å²) >= 11 is 0. The molecule has 0 saturated carbocycles. The van der Waals surface area contributed by atoms with Crippen LogP contribution in [0.15, 0.2) is 24.4 Å². The molecule has 1 saturated heterocycles. The van der Waals surface area contributed by atoms with Gasteiger partial charge in [-0.05, 0) is 41.8 Å². The van der Waals surface area contributed by atoms with E-state index < -0.39 is 5.91 Å². The van der Waals surface area contributed by atoms with Gasteiger partial charge in [0.1, 0.15) is 11.6 Å². The molecule has 2 heterocycles. The molecule has 5 nitrogen and oxygen atoms in total. The smallest absolute Gasteiger partial charge is 0.252 e. The first-order valence-corrected chi connectivity index (χ1v) is 8.56. The fraction of sp³-hybridized carbons (Fsp3) is 0.474. The van der Waals surface area contributed by atoms with Gasteiger partial charge in [0, 0.05) is 24.7 Å². The molecular formula is C19H25N3O2. The van der Waals surface area contributed by atoms with E-state index in [4.69, 9.17) is 10.5 Å². The van der Waals surface area contributed by atoms with Gasteiger partial charge in [0.15, 0.2) is 0 Å². The Hall–Kier alpha value is -2.30. The number of carbonyl (C=O) groups excluding carboxylic acids is 1. The summed E-state index contributed by atoms with van der Waals surface area (Å²) in [6.07, 6.45) is 4.21. The fourth-order valence-corrected chi connectivity index (χ4v) is 3.79. The van der Waals surface area contributed by atoms with E-state index in [0.29, 0.717) is 17.2 Å². The Morgan fingerprint density at radius 2 is 2.25 bits per heavy atom. The highest BCUT2D eigenvalue weighted by Crippen LogP contribution is 2.34. The van der Waals surface area contributed by atoms with Crippen LogP contribution in [0.25, 0.3) is 10.8 Å². The molecule has 24 heavy (non-hydrogen) atoms. The maximum absolute atomic E-state index is 11.6. The molecule has 0 aliphatic carbocycles. The molecule has 1 amide bonds. The lowest BCUT2D eigenvalue weighted by molar-refractivity contribution is 0.0997. The number of methoxy groups -OCH3 is 1. The first kappa shape index (κ1) is 16.6. The topological polar surface area (TPSA) is 68.5 Å². The first-order valence-electron chi connectivity index (χ1n) is 8.56. The first-order chi connectivity index (χ1) is 11.5. The molecule has 2 aromatic rings. The molecule has 5 heteroatoms. The number of fused-ring (bicyclic) bond motifs is 1. The lowest BCUT2D eigenvalue weighted by Crippen LogP contribution is -2.39. The number of hydrogen-bond donors (Lipinski definition) is 1. The van der Waals surface area contributed by atoms with E-state index in [1.165, 1.54) is 12.8 Å². The number of anilines is 1. The molecular weight excluding hydrogens is 302 g/mol. The van der Waals surface area contributed by atoms with Crippen LogP contribution in [0.4, 0.5) is 5.82 Å². The standard InChI is InChI=1S/C19H25N3O2/c1-4-13-6-8-22(11-12(13)2)19-15-10-17(24-3)16(18(20)23)9-14(15)5-7-21-19/h5,7,9-10,12-13H,4,6,8,11H2,1-3H3,(H2,20,23)/t12-,13-/m1/s1. The average Bonchev–Trinajstić information content (AvgIpc) is 2.59. The van der Waals surface area contributed by atoms with Gasteiger partial charge < -0.3 is 15.4 Å². The van der Waals surface area contributed by atoms with E-state index in [-0.39, 0.29) is 0 Å². The molecule has 0 spiro atoms. The maximum Gasteiger partial charge on any atom is 0.252 e. The van der Waals surface area contributed by atoms with Crippen LogP contribution in [-0.2, 0) is 0 Å². The monoisotopic (exact) mass is 327 g/mol. The molecule has 1 fully saturated rings. The summed E-state index contributed by atoms with van der Waals surface area (Å²) in [6, 6.07) is 5.59. The van der Waals surface area contributed by atoms with Crippen LogP contribution in [0.5, 0.6) is 5.75 Å². The van der Waals surface area contributed by atoms with Crippen molar-refractivity contribution in [3.63, 3.8) is 0 Å². The molecule has 1 aliphatic heterocycles. The SMILES string of the molecule is CC[C@@H]1CCN(c2nccc3cc(C(N)=O)c(OC)cc23)C[C@H]1C. The van der Waals surface area contributed by atoms with Crippen molar-refractivity contribution in [1.82, 2.24) is 4.98 Å². The Morgan fingerprint density at radius 1 is 1.46 bits per heavy atom. The fourth-order valence-electron chi connectivity index (χ4n) is 3.79. The number of amides is 1. The number of aromatic nitrogens is 1. The minimum absolute atomic E-state index is 0.403. The molecule has 1 aromatic carbocycles. The third kappa shape index (κ3) is 2.90. The van der Waals surface area contributed by atoms with Gasteiger partial charge in [-0.25, -0.2) is 4.98 Å². The quantitative estimate of drug-likeness (QED) is 0.936. The van der Waals surface area contributed by atoms with Crippen molar-refractivity contribution in [3.8, 4) is 5.75 Å². The van der Waals surface area contributed by atoms with Gasteiger partial charge >= 0.3 is 0 Å². The molecule has 0 unspecified atom stereocenters. The van der Waals surface area contributed by atoms with Crippen molar-refractivity contribution < 1.29 is 9.53 Å². The van der Waals surface area contributed by atoms with E-state index in [1.54, 1.807) is 19.4 Å². The van der Waals surface area contributed by atoms with E-state index in [2.05, 4.69) is 23.7 Å². The van der Waals surface area contributed by atoms with Crippen LogP contribution >= 0.6 is 0 Å². The minimum atomic E-state index is -0.482. The predicted molar refractivity (Wildman–Crippen MR) is 96.6 cm³/mol. The van der Waals surface area contributed by atoms with Gasteiger partial charge in [0.25, 0.3) is 5.91 Å². The molecule has 128 valence electrons. The number of hydrogen-bond acceptors (Lipinski definition) is 4. The number of pyridine rings is 1. The number of benzene rings is 1. The Labute approximate surface area is 142 Å². The number of rotatable bonds is 4. The lowest BCUT2D eigenvalue weighted by atomic mass is 9.85. The maximum atomic E-state index is 11.6. The summed E-state index contributed by atoms with van der Waals surface area (Å²) < 4.78 is 5.37. The van der Waals surface area contributed by atoms with Crippen molar-refractivity contribution in [2.75, 3.05) is 25.1 Å². The van der Waals surface area contributed by atoms with E-state index in [0.717, 1.165) is 35.6 Å². The number of nitrogens with two attached hydrogens (primary N) is 1. The number of piperidine rings is 1. The second-order valence-corrected chi connectivity index (χ2v) is 6.65. The van der Waals surface area contributed by atoms with Gasteiger partial charge in [-0.1, -0.05) is 20.3 Å². The van der Waals surface area contributed by atoms with Crippen LogP contribution in [0.3, 0.4) is 0 Å². The van der Waals surface area contributed by atoms with E-state index >= 15 is 0 Å². The van der Waals surface area contributed by atoms with Crippen LogP contribution in [0.1, 0.15) is 37.0 Å². The van der Waals surface area contributed by atoms with Crippen molar-refractivity contribution in [3.05, 3.63) is 30.0 Å². The Kier molecular flexibility index (Phi) is 4.60. The van der Waals surface area contributed by atoms with Gasteiger partial charge in [-0.15, -0.1) is 0 Å². The number of carbonyl (C=O) groups is 1. The van der Waals surface area contributed by atoms with Gasteiger partial charge in [-0.3, -0.25) is 4.79 Å². The van der Waals surface area contributed by atoms with Gasteiger partial charge in [-0.2, -0.15) is 0 Å². The summed E-state index contributed by atoms with van der Waals surface area (Å²) in [5, 5.41) is 1.96. The number of nitrogens with zero attached hydrogens (tertiary/aromatic N) is 2. The van der Waals surface area contributed by atoms with Crippen molar-refractivity contribution in [1.29, 1.82) is 0 Å². The van der Waals surface area contributed by atoms with Crippen LogP contribution < -0.4 is 15.4 Å². The van der Waals surface area contributed by atoms with Crippen molar-refractivity contribution in [2.45, 2.75) is 26.7 Å². The largest absolute Gasteiger partial charge is 0.496 e. The molecule has 0 bridgehead atoms. The van der Waals surface area contributed by atoms with Crippen LogP contribution in [-0.4, -0.2) is 31.1 Å². The Morgan fingerprint density at radius 3 is 2.88 bits per heavy atom.